The molecule has 22 heavy (non-hydrogen) atoms. The fraction of sp³-hybridized carbons (Fsp3) is 0.467. The molecule has 118 valence electrons. The lowest BCUT2D eigenvalue weighted by atomic mass is 10.2. The van der Waals surface area contributed by atoms with E-state index >= 15 is 0 Å². The largest absolute Gasteiger partial charge is 0.451 e. The highest BCUT2D eigenvalue weighted by Gasteiger charge is 2.36. The van der Waals surface area contributed by atoms with Gasteiger partial charge in [-0.05, 0) is 31.0 Å². The van der Waals surface area contributed by atoms with Crippen LogP contribution < -0.4 is 4.90 Å². The van der Waals surface area contributed by atoms with Crippen LogP contribution in [0.1, 0.15) is 31.5 Å². The van der Waals surface area contributed by atoms with E-state index in [0.717, 1.165) is 31.7 Å². The van der Waals surface area contributed by atoms with Crippen LogP contribution in [0.4, 0.5) is 23.4 Å². The van der Waals surface area contributed by atoms with Gasteiger partial charge in [-0.1, -0.05) is 12.8 Å². The number of alkyl halides is 3. The average molecular weight is 313 g/mol. The highest BCUT2D eigenvalue weighted by Crippen LogP contribution is 2.32. The average Bonchev–Trinajstić information content (AvgIpc) is 2.74. The number of rotatable bonds is 1. The first-order chi connectivity index (χ1) is 10.4. The lowest BCUT2D eigenvalue weighted by Crippen LogP contribution is -2.26. The molecule has 0 amide bonds. The molecule has 0 aliphatic carbocycles. The summed E-state index contributed by atoms with van der Waals surface area (Å²) < 4.78 is 52.5. The molecule has 0 atom stereocenters. The topological polar surface area (TPSA) is 29.0 Å². The van der Waals surface area contributed by atoms with Gasteiger partial charge in [0.2, 0.25) is 5.82 Å². The maximum atomic E-state index is 13.5. The van der Waals surface area contributed by atoms with Crippen LogP contribution in [0, 0.1) is 5.82 Å². The number of aromatic nitrogens is 2. The monoisotopic (exact) mass is 313 g/mol. The highest BCUT2D eigenvalue weighted by molar-refractivity contribution is 5.89. The first kappa shape index (κ1) is 15.0. The van der Waals surface area contributed by atoms with Crippen molar-refractivity contribution in [1.29, 1.82) is 0 Å². The van der Waals surface area contributed by atoms with Gasteiger partial charge in [0.05, 0.1) is 5.52 Å². The molecule has 2 aromatic rings. The number of hydrogen-bond donors (Lipinski definition) is 0. The van der Waals surface area contributed by atoms with E-state index in [1.807, 2.05) is 4.90 Å². The zero-order valence-electron chi connectivity index (χ0n) is 11.8. The number of benzene rings is 1. The van der Waals surface area contributed by atoms with Crippen LogP contribution >= 0.6 is 0 Å². The number of anilines is 1. The molecule has 1 aliphatic heterocycles. The van der Waals surface area contributed by atoms with E-state index in [1.54, 1.807) is 0 Å². The Morgan fingerprint density at radius 1 is 0.955 bits per heavy atom. The molecule has 0 N–H and O–H groups in total. The molecular formula is C15H15F4N3. The van der Waals surface area contributed by atoms with Crippen molar-refractivity contribution in [2.75, 3.05) is 18.0 Å². The number of hydrogen-bond acceptors (Lipinski definition) is 3. The van der Waals surface area contributed by atoms with Crippen molar-refractivity contribution < 1.29 is 17.6 Å². The molecule has 2 heterocycles. The minimum Gasteiger partial charge on any atom is -0.356 e. The van der Waals surface area contributed by atoms with Crippen molar-refractivity contribution in [3.8, 4) is 0 Å². The van der Waals surface area contributed by atoms with Crippen LogP contribution in [0.2, 0.25) is 0 Å². The minimum absolute atomic E-state index is 0.114. The number of fused-ring (bicyclic) bond motifs is 1. The van der Waals surface area contributed by atoms with Gasteiger partial charge in [0, 0.05) is 18.5 Å². The number of nitrogens with zero attached hydrogens (tertiary/aromatic N) is 3. The van der Waals surface area contributed by atoms with Crippen LogP contribution in [0.25, 0.3) is 10.9 Å². The summed E-state index contributed by atoms with van der Waals surface area (Å²) in [4.78, 5) is 9.05. The minimum atomic E-state index is -4.62. The Morgan fingerprint density at radius 2 is 1.64 bits per heavy atom. The van der Waals surface area contributed by atoms with Gasteiger partial charge in [-0.25, -0.2) is 14.4 Å². The van der Waals surface area contributed by atoms with E-state index in [9.17, 15) is 17.6 Å². The summed E-state index contributed by atoms with van der Waals surface area (Å²) in [6, 6.07) is 3.58. The molecule has 0 saturated carbocycles. The van der Waals surface area contributed by atoms with Crippen molar-refractivity contribution in [2.45, 2.75) is 31.9 Å². The van der Waals surface area contributed by atoms with Crippen LogP contribution in [0.3, 0.4) is 0 Å². The lowest BCUT2D eigenvalue weighted by molar-refractivity contribution is -0.144. The van der Waals surface area contributed by atoms with Crippen molar-refractivity contribution >= 4 is 16.7 Å². The standard InChI is InChI=1S/C15H15F4N3/c16-10-5-6-12-11(9-10)13(21-14(20-12)15(17,18)19)22-7-3-1-2-4-8-22/h5-6,9H,1-4,7-8H2. The quantitative estimate of drug-likeness (QED) is 0.740. The number of halogens is 4. The third-order valence-corrected chi connectivity index (χ3v) is 3.80. The maximum Gasteiger partial charge on any atom is 0.451 e. The first-order valence-electron chi connectivity index (χ1n) is 7.24. The Hall–Kier alpha value is -1.92. The molecule has 0 unspecified atom stereocenters. The molecule has 3 rings (SSSR count). The summed E-state index contributed by atoms with van der Waals surface area (Å²) >= 11 is 0. The Morgan fingerprint density at radius 3 is 2.27 bits per heavy atom. The SMILES string of the molecule is Fc1ccc2nc(C(F)(F)F)nc(N3CCCCCC3)c2c1. The second-order valence-electron chi connectivity index (χ2n) is 5.43. The van der Waals surface area contributed by atoms with Gasteiger partial charge in [0.1, 0.15) is 11.6 Å². The fourth-order valence-electron chi connectivity index (χ4n) is 2.73. The summed E-state index contributed by atoms with van der Waals surface area (Å²) in [5.74, 6) is -1.50. The Labute approximate surface area is 125 Å². The van der Waals surface area contributed by atoms with E-state index in [-0.39, 0.29) is 11.3 Å². The normalized spacial score (nSPS) is 16.8. The van der Waals surface area contributed by atoms with Gasteiger partial charge in [-0.15, -0.1) is 0 Å². The van der Waals surface area contributed by atoms with E-state index in [2.05, 4.69) is 9.97 Å². The van der Waals surface area contributed by atoms with Gasteiger partial charge >= 0.3 is 6.18 Å². The van der Waals surface area contributed by atoms with Crippen LogP contribution in [-0.2, 0) is 6.18 Å². The lowest BCUT2D eigenvalue weighted by Gasteiger charge is -2.23. The second-order valence-corrected chi connectivity index (χ2v) is 5.43. The Bertz CT molecular complexity index is 676. The maximum absolute atomic E-state index is 13.5. The fourth-order valence-corrected chi connectivity index (χ4v) is 2.73. The predicted molar refractivity (Wildman–Crippen MR) is 75.2 cm³/mol. The molecular weight excluding hydrogens is 298 g/mol. The van der Waals surface area contributed by atoms with Crippen LogP contribution in [0.15, 0.2) is 18.2 Å². The van der Waals surface area contributed by atoms with E-state index < -0.39 is 17.8 Å². The Kier molecular flexibility index (Phi) is 3.88. The summed E-state index contributed by atoms with van der Waals surface area (Å²) in [6.45, 7) is 1.25. The first-order valence-corrected chi connectivity index (χ1v) is 7.24. The zero-order valence-corrected chi connectivity index (χ0v) is 11.8. The molecule has 1 aromatic heterocycles. The van der Waals surface area contributed by atoms with Crippen molar-refractivity contribution in [1.82, 2.24) is 9.97 Å². The molecule has 7 heteroatoms. The Balaban J connectivity index is 2.17. The zero-order chi connectivity index (χ0) is 15.7. The summed E-state index contributed by atoms with van der Waals surface area (Å²) in [6.07, 6.45) is -0.756. The predicted octanol–water partition coefficient (Wildman–Crippen LogP) is 4.17. The molecule has 1 saturated heterocycles. The van der Waals surface area contributed by atoms with Gasteiger partial charge in [0.15, 0.2) is 0 Å². The second kappa shape index (κ2) is 5.70. The molecule has 0 spiro atoms. The van der Waals surface area contributed by atoms with E-state index in [0.29, 0.717) is 18.5 Å². The summed E-state index contributed by atoms with van der Waals surface area (Å²) in [5.41, 5.74) is 0.114. The van der Waals surface area contributed by atoms with E-state index in [4.69, 9.17) is 0 Å². The van der Waals surface area contributed by atoms with E-state index in [1.165, 1.54) is 12.1 Å². The molecule has 1 fully saturated rings. The van der Waals surface area contributed by atoms with Gasteiger partial charge in [-0.3, -0.25) is 0 Å². The van der Waals surface area contributed by atoms with Gasteiger partial charge in [0.25, 0.3) is 0 Å². The molecule has 0 bridgehead atoms. The van der Waals surface area contributed by atoms with Gasteiger partial charge in [-0.2, -0.15) is 13.2 Å². The third kappa shape index (κ3) is 2.98. The smallest absolute Gasteiger partial charge is 0.356 e. The summed E-state index contributed by atoms with van der Waals surface area (Å²) in [5, 5.41) is 0.329. The molecule has 1 aliphatic rings. The van der Waals surface area contributed by atoms with Gasteiger partial charge < -0.3 is 4.90 Å². The van der Waals surface area contributed by atoms with Crippen molar-refractivity contribution in [2.24, 2.45) is 0 Å². The molecule has 0 radical (unpaired) electrons. The molecule has 3 nitrogen and oxygen atoms in total. The van der Waals surface area contributed by atoms with Crippen molar-refractivity contribution in [3.05, 3.63) is 29.8 Å². The van der Waals surface area contributed by atoms with Crippen LogP contribution in [-0.4, -0.2) is 23.1 Å². The third-order valence-electron chi connectivity index (χ3n) is 3.80. The summed E-state index contributed by atoms with van der Waals surface area (Å²) in [7, 11) is 0. The van der Waals surface area contributed by atoms with Crippen molar-refractivity contribution in [3.63, 3.8) is 0 Å². The van der Waals surface area contributed by atoms with Crippen LogP contribution in [0.5, 0.6) is 0 Å². The molecule has 1 aromatic carbocycles. The highest BCUT2D eigenvalue weighted by atomic mass is 19.4.